The summed E-state index contributed by atoms with van der Waals surface area (Å²) in [6.45, 7) is 2.45. The largest absolute Gasteiger partial charge is 0.491 e. The van der Waals surface area contributed by atoms with E-state index in [2.05, 4.69) is 10.2 Å². The Morgan fingerprint density at radius 1 is 1.40 bits per heavy atom. The summed E-state index contributed by atoms with van der Waals surface area (Å²) in [5, 5.41) is 22.0. The third-order valence-electron chi connectivity index (χ3n) is 2.64. The van der Waals surface area contributed by atoms with Crippen LogP contribution in [0, 0.1) is 10.1 Å². The second kappa shape index (κ2) is 9.11. The van der Waals surface area contributed by atoms with Gasteiger partial charge < -0.3 is 20.0 Å². The van der Waals surface area contributed by atoms with Gasteiger partial charge in [-0.05, 0) is 25.5 Å². The van der Waals surface area contributed by atoms with Gasteiger partial charge in [-0.25, -0.2) is 0 Å². The van der Waals surface area contributed by atoms with Gasteiger partial charge >= 0.3 is 0 Å². The fourth-order valence-electron chi connectivity index (χ4n) is 1.51. The minimum atomic E-state index is -0.810. The van der Waals surface area contributed by atoms with E-state index in [9.17, 15) is 15.2 Å². The van der Waals surface area contributed by atoms with Crippen molar-refractivity contribution in [2.75, 3.05) is 19.8 Å². The summed E-state index contributed by atoms with van der Waals surface area (Å²) in [7, 11) is 0. The fraction of sp³-hybridized carbons (Fsp3) is 0.538. The molecule has 1 aromatic carbocycles. The van der Waals surface area contributed by atoms with Crippen LogP contribution in [0.4, 0.5) is 0 Å². The van der Waals surface area contributed by atoms with Gasteiger partial charge in [-0.2, -0.15) is 0 Å². The lowest BCUT2D eigenvalue weighted by Gasteiger charge is -2.17. The Hall–Kier alpha value is -1.86. The smallest absolute Gasteiger partial charge is 0.294 e. The van der Waals surface area contributed by atoms with E-state index in [1.807, 2.05) is 37.3 Å². The van der Waals surface area contributed by atoms with Gasteiger partial charge in [0, 0.05) is 12.6 Å². The van der Waals surface area contributed by atoms with Crippen LogP contribution in [-0.4, -0.2) is 42.1 Å². The molecule has 0 aliphatic carbocycles. The normalized spacial score (nSPS) is 13.5. The zero-order valence-electron chi connectivity index (χ0n) is 11.4. The van der Waals surface area contributed by atoms with Gasteiger partial charge in [0.25, 0.3) is 5.09 Å². The van der Waals surface area contributed by atoms with Crippen LogP contribution in [0.5, 0.6) is 5.75 Å². The molecule has 2 atom stereocenters. The van der Waals surface area contributed by atoms with E-state index in [1.165, 1.54) is 0 Å². The molecule has 0 aromatic heterocycles. The predicted octanol–water partition coefficient (Wildman–Crippen LogP) is 1.00. The highest BCUT2D eigenvalue weighted by Crippen LogP contribution is 2.08. The topological polar surface area (TPSA) is 93.9 Å². The summed E-state index contributed by atoms with van der Waals surface area (Å²) in [6, 6.07) is 9.25. The Bertz CT molecular complexity index is 388. The van der Waals surface area contributed by atoms with Crippen molar-refractivity contribution < 1.29 is 19.8 Å². The van der Waals surface area contributed by atoms with Gasteiger partial charge in [-0.3, -0.25) is 0 Å². The van der Waals surface area contributed by atoms with Crippen molar-refractivity contribution in [3.8, 4) is 5.75 Å². The number of aliphatic hydroxyl groups is 1. The molecule has 0 radical (unpaired) electrons. The highest BCUT2D eigenvalue weighted by Gasteiger charge is 2.08. The quantitative estimate of drug-likeness (QED) is 0.492. The minimum Gasteiger partial charge on any atom is -0.491 e. The Balaban J connectivity index is 2.10. The molecular weight excluding hydrogens is 264 g/mol. The van der Waals surface area contributed by atoms with Crippen LogP contribution in [0.3, 0.4) is 0 Å². The highest BCUT2D eigenvalue weighted by molar-refractivity contribution is 5.20. The third kappa shape index (κ3) is 7.55. The molecule has 0 spiro atoms. The standard InChI is InChI=1S/C13H20N2O5/c1-11(7-8-20-15(17)18)14-9-12(16)10-19-13-5-3-2-4-6-13/h2-6,11-12,14,16H,7-10H2,1H3. The Labute approximate surface area is 117 Å². The predicted molar refractivity (Wildman–Crippen MR) is 73.0 cm³/mol. The van der Waals surface area contributed by atoms with Crippen LogP contribution in [0.15, 0.2) is 30.3 Å². The lowest BCUT2D eigenvalue weighted by molar-refractivity contribution is -0.757. The number of aliphatic hydroxyl groups excluding tert-OH is 1. The second-order valence-corrected chi connectivity index (χ2v) is 4.43. The molecule has 0 aliphatic rings. The van der Waals surface area contributed by atoms with Crippen LogP contribution in [0.25, 0.3) is 0 Å². The molecule has 0 saturated carbocycles. The number of para-hydroxylation sites is 1. The molecule has 0 amide bonds. The average molecular weight is 284 g/mol. The van der Waals surface area contributed by atoms with Gasteiger partial charge in [0.1, 0.15) is 18.5 Å². The first-order valence-corrected chi connectivity index (χ1v) is 6.44. The monoisotopic (exact) mass is 284 g/mol. The zero-order valence-corrected chi connectivity index (χ0v) is 11.4. The van der Waals surface area contributed by atoms with Crippen molar-refractivity contribution in [2.24, 2.45) is 0 Å². The van der Waals surface area contributed by atoms with Crippen LogP contribution >= 0.6 is 0 Å². The van der Waals surface area contributed by atoms with E-state index >= 15 is 0 Å². The fourth-order valence-corrected chi connectivity index (χ4v) is 1.51. The number of hydrogen-bond acceptors (Lipinski definition) is 6. The second-order valence-electron chi connectivity index (χ2n) is 4.43. The third-order valence-corrected chi connectivity index (χ3v) is 2.64. The van der Waals surface area contributed by atoms with E-state index in [4.69, 9.17) is 4.74 Å². The molecule has 2 unspecified atom stereocenters. The highest BCUT2D eigenvalue weighted by atomic mass is 16.9. The first-order chi connectivity index (χ1) is 9.58. The molecule has 0 fully saturated rings. The van der Waals surface area contributed by atoms with Crippen molar-refractivity contribution in [1.82, 2.24) is 5.32 Å². The van der Waals surface area contributed by atoms with Gasteiger partial charge in [0.2, 0.25) is 0 Å². The SMILES string of the molecule is CC(CCO[N+](=O)[O-])NCC(O)COc1ccccc1. The molecule has 0 bridgehead atoms. The maximum atomic E-state index is 9.97. The Kier molecular flexibility index (Phi) is 7.38. The van der Waals surface area contributed by atoms with Gasteiger partial charge in [-0.1, -0.05) is 18.2 Å². The van der Waals surface area contributed by atoms with E-state index in [1.54, 1.807) is 0 Å². The summed E-state index contributed by atoms with van der Waals surface area (Å²) in [5.41, 5.74) is 0. The van der Waals surface area contributed by atoms with Crippen molar-refractivity contribution in [1.29, 1.82) is 0 Å². The van der Waals surface area contributed by atoms with Crippen molar-refractivity contribution in [3.63, 3.8) is 0 Å². The van der Waals surface area contributed by atoms with Crippen LogP contribution < -0.4 is 10.1 Å². The lowest BCUT2D eigenvalue weighted by atomic mass is 10.2. The zero-order chi connectivity index (χ0) is 14.8. The Morgan fingerprint density at radius 3 is 2.75 bits per heavy atom. The van der Waals surface area contributed by atoms with Crippen LogP contribution in [0.2, 0.25) is 0 Å². The molecular formula is C13H20N2O5. The van der Waals surface area contributed by atoms with Crippen molar-refractivity contribution in [3.05, 3.63) is 40.4 Å². The molecule has 0 heterocycles. The average Bonchev–Trinajstić information content (AvgIpc) is 2.43. The molecule has 2 N–H and O–H groups in total. The van der Waals surface area contributed by atoms with Crippen LogP contribution in [0.1, 0.15) is 13.3 Å². The summed E-state index contributed by atoms with van der Waals surface area (Å²) < 4.78 is 5.41. The van der Waals surface area contributed by atoms with Gasteiger partial charge in [-0.15, -0.1) is 10.1 Å². The summed E-state index contributed by atoms with van der Waals surface area (Å²) in [4.78, 5) is 14.2. The Morgan fingerprint density at radius 2 is 2.10 bits per heavy atom. The van der Waals surface area contributed by atoms with E-state index in [-0.39, 0.29) is 19.3 Å². The molecule has 20 heavy (non-hydrogen) atoms. The summed E-state index contributed by atoms with van der Waals surface area (Å²) in [5.74, 6) is 0.707. The van der Waals surface area contributed by atoms with Gasteiger partial charge in [0.05, 0.1) is 6.61 Å². The molecule has 112 valence electrons. The number of hydrogen-bond donors (Lipinski definition) is 2. The number of ether oxygens (including phenoxy) is 1. The summed E-state index contributed by atoms with van der Waals surface area (Å²) >= 11 is 0. The van der Waals surface area contributed by atoms with Crippen molar-refractivity contribution >= 4 is 0 Å². The van der Waals surface area contributed by atoms with E-state index in [0.717, 1.165) is 0 Å². The van der Waals surface area contributed by atoms with E-state index in [0.29, 0.717) is 18.7 Å². The van der Waals surface area contributed by atoms with Crippen molar-refractivity contribution in [2.45, 2.75) is 25.5 Å². The first kappa shape index (κ1) is 16.2. The number of rotatable bonds is 10. The molecule has 1 rings (SSSR count). The molecule has 0 aliphatic heterocycles. The van der Waals surface area contributed by atoms with Crippen LogP contribution in [-0.2, 0) is 4.84 Å². The lowest BCUT2D eigenvalue weighted by Crippen LogP contribution is -2.37. The molecule has 7 heteroatoms. The number of benzene rings is 1. The number of nitrogens with one attached hydrogen (secondary N) is 1. The molecule has 0 saturated heterocycles. The maximum Gasteiger partial charge on any atom is 0.294 e. The molecule has 1 aromatic rings. The van der Waals surface area contributed by atoms with E-state index < -0.39 is 11.2 Å². The van der Waals surface area contributed by atoms with Gasteiger partial charge in [0.15, 0.2) is 0 Å². The first-order valence-electron chi connectivity index (χ1n) is 6.44. The number of nitrogens with zero attached hydrogens (tertiary/aromatic N) is 1. The summed E-state index contributed by atoms with van der Waals surface area (Å²) in [6.07, 6.45) is -0.151. The molecule has 7 nitrogen and oxygen atoms in total. The maximum absolute atomic E-state index is 9.97. The minimum absolute atomic E-state index is 0.0151.